The van der Waals surface area contributed by atoms with E-state index in [4.69, 9.17) is 4.42 Å². The van der Waals surface area contributed by atoms with Crippen LogP contribution in [0.25, 0.3) is 110 Å². The van der Waals surface area contributed by atoms with Crippen LogP contribution < -0.4 is 0 Å². The molecule has 0 bridgehead atoms. The molecular weight excluding hydrogens is 689 g/mol. The highest BCUT2D eigenvalue weighted by atomic mass is 16.3. The Balaban J connectivity index is 1.08. The van der Waals surface area contributed by atoms with E-state index in [0.29, 0.717) is 0 Å². The van der Waals surface area contributed by atoms with E-state index in [1.165, 1.54) is 88.3 Å². The van der Waals surface area contributed by atoms with Gasteiger partial charge in [0.15, 0.2) is 0 Å². The molecule has 0 saturated carbocycles. The Morgan fingerprint density at radius 1 is 0.228 bits per heavy atom. The molecule has 0 atom stereocenters. The predicted molar refractivity (Wildman–Crippen MR) is 241 cm³/mol. The van der Waals surface area contributed by atoms with Gasteiger partial charge in [-0.05, 0) is 119 Å². The minimum atomic E-state index is 0.907. The van der Waals surface area contributed by atoms with Gasteiger partial charge in [0.25, 0.3) is 0 Å². The van der Waals surface area contributed by atoms with Crippen molar-refractivity contribution in [3.63, 3.8) is 0 Å². The van der Waals surface area contributed by atoms with Crippen molar-refractivity contribution in [2.45, 2.75) is 0 Å². The summed E-state index contributed by atoms with van der Waals surface area (Å²) in [4.78, 5) is 0. The Labute approximate surface area is 331 Å². The Morgan fingerprint density at radius 2 is 0.649 bits per heavy atom. The summed E-state index contributed by atoms with van der Waals surface area (Å²) in [6, 6.07) is 79.0. The van der Waals surface area contributed by atoms with Crippen LogP contribution in [-0.2, 0) is 0 Å². The quantitative estimate of drug-likeness (QED) is 0.156. The van der Waals surface area contributed by atoms with Crippen LogP contribution in [0.4, 0.5) is 0 Å². The first kappa shape index (κ1) is 32.9. The fraction of sp³-hybridized carbons (Fsp3) is 0. The number of furan rings is 1. The highest BCUT2D eigenvalue weighted by Crippen LogP contribution is 2.46. The standard InChI is InChI=1S/C56H36O/c1-3-16-37(17-4-1)41-34-42(38-18-5-2-6-19-38)36-43(35-41)55-49-24-11-9-22-47(49)54(48-23-10-12-25-50(48)55)40-32-30-39(31-33-40)44-20-7-8-21-45(44)46-27-15-29-53-56(46)51-26-13-14-28-52(51)57-53/h1-36H. The number of para-hydroxylation sites is 1. The number of rotatable bonds is 6. The van der Waals surface area contributed by atoms with Gasteiger partial charge in [-0.15, -0.1) is 0 Å². The Kier molecular flexibility index (Phi) is 7.89. The molecule has 0 spiro atoms. The fourth-order valence-corrected chi connectivity index (χ4v) is 8.90. The second-order valence-corrected chi connectivity index (χ2v) is 14.8. The van der Waals surface area contributed by atoms with E-state index in [1.807, 2.05) is 12.1 Å². The predicted octanol–water partition coefficient (Wildman–Crippen LogP) is 15.9. The normalized spacial score (nSPS) is 11.5. The molecule has 0 aliphatic rings. The van der Waals surface area contributed by atoms with Crippen LogP contribution in [0.3, 0.4) is 0 Å². The van der Waals surface area contributed by atoms with Crippen molar-refractivity contribution < 1.29 is 4.42 Å². The smallest absolute Gasteiger partial charge is 0.136 e. The zero-order valence-electron chi connectivity index (χ0n) is 31.2. The zero-order chi connectivity index (χ0) is 37.7. The summed E-state index contributed by atoms with van der Waals surface area (Å²) in [5.41, 5.74) is 16.3. The topological polar surface area (TPSA) is 13.1 Å². The van der Waals surface area contributed by atoms with Gasteiger partial charge in [-0.25, -0.2) is 0 Å². The molecule has 1 nitrogen and oxygen atoms in total. The van der Waals surface area contributed by atoms with Crippen molar-refractivity contribution in [2.24, 2.45) is 0 Å². The van der Waals surface area contributed by atoms with Crippen molar-refractivity contribution >= 4 is 43.5 Å². The summed E-state index contributed by atoms with van der Waals surface area (Å²) in [6.07, 6.45) is 0. The molecule has 11 rings (SSSR count). The number of hydrogen-bond donors (Lipinski definition) is 0. The first-order valence-corrected chi connectivity index (χ1v) is 19.6. The molecule has 1 aromatic heterocycles. The minimum absolute atomic E-state index is 0.907. The molecule has 0 radical (unpaired) electrons. The van der Waals surface area contributed by atoms with E-state index in [-0.39, 0.29) is 0 Å². The van der Waals surface area contributed by atoms with Gasteiger partial charge in [-0.2, -0.15) is 0 Å². The molecule has 0 N–H and O–H groups in total. The van der Waals surface area contributed by atoms with Crippen molar-refractivity contribution in [3.05, 3.63) is 218 Å². The van der Waals surface area contributed by atoms with Crippen molar-refractivity contribution in [1.29, 1.82) is 0 Å². The van der Waals surface area contributed by atoms with Crippen molar-refractivity contribution in [2.75, 3.05) is 0 Å². The lowest BCUT2D eigenvalue weighted by Gasteiger charge is -2.19. The van der Waals surface area contributed by atoms with E-state index >= 15 is 0 Å². The van der Waals surface area contributed by atoms with Crippen molar-refractivity contribution in [1.82, 2.24) is 0 Å². The molecule has 57 heavy (non-hydrogen) atoms. The minimum Gasteiger partial charge on any atom is -0.456 e. The molecule has 0 saturated heterocycles. The first-order chi connectivity index (χ1) is 28.3. The summed E-state index contributed by atoms with van der Waals surface area (Å²) >= 11 is 0. The summed E-state index contributed by atoms with van der Waals surface area (Å²) in [5, 5.41) is 7.25. The van der Waals surface area contributed by atoms with E-state index in [0.717, 1.165) is 21.9 Å². The van der Waals surface area contributed by atoms with Crippen LogP contribution in [0.15, 0.2) is 223 Å². The number of benzene rings is 10. The summed E-state index contributed by atoms with van der Waals surface area (Å²) in [7, 11) is 0. The van der Waals surface area contributed by atoms with Crippen LogP contribution in [-0.4, -0.2) is 0 Å². The van der Waals surface area contributed by atoms with Gasteiger partial charge < -0.3 is 4.42 Å². The maximum Gasteiger partial charge on any atom is 0.136 e. The Bertz CT molecular complexity index is 3150. The lowest BCUT2D eigenvalue weighted by molar-refractivity contribution is 0.669. The lowest BCUT2D eigenvalue weighted by Crippen LogP contribution is -1.92. The molecule has 1 heteroatoms. The van der Waals surface area contributed by atoms with Crippen LogP contribution >= 0.6 is 0 Å². The average Bonchev–Trinajstić information content (AvgIpc) is 3.68. The lowest BCUT2D eigenvalue weighted by atomic mass is 9.84. The second-order valence-electron chi connectivity index (χ2n) is 14.8. The molecular formula is C56H36O. The van der Waals surface area contributed by atoms with Crippen LogP contribution in [0, 0.1) is 0 Å². The average molecular weight is 725 g/mol. The summed E-state index contributed by atoms with van der Waals surface area (Å²) in [6.45, 7) is 0. The van der Waals surface area contributed by atoms with Crippen LogP contribution in [0.1, 0.15) is 0 Å². The number of fused-ring (bicyclic) bond motifs is 5. The van der Waals surface area contributed by atoms with E-state index in [9.17, 15) is 0 Å². The molecule has 0 amide bonds. The molecule has 1 heterocycles. The van der Waals surface area contributed by atoms with E-state index < -0.39 is 0 Å². The number of hydrogen-bond acceptors (Lipinski definition) is 1. The van der Waals surface area contributed by atoms with Gasteiger partial charge in [0.2, 0.25) is 0 Å². The molecule has 0 aliphatic carbocycles. The third kappa shape index (κ3) is 5.63. The first-order valence-electron chi connectivity index (χ1n) is 19.6. The Hall–Kier alpha value is -7.48. The highest BCUT2D eigenvalue weighted by molar-refractivity contribution is 6.22. The highest BCUT2D eigenvalue weighted by Gasteiger charge is 2.19. The van der Waals surface area contributed by atoms with Gasteiger partial charge in [0.05, 0.1) is 0 Å². The fourth-order valence-electron chi connectivity index (χ4n) is 8.90. The van der Waals surface area contributed by atoms with Gasteiger partial charge in [-0.1, -0.05) is 188 Å². The molecule has 11 aromatic rings. The maximum absolute atomic E-state index is 6.28. The van der Waals surface area contributed by atoms with E-state index in [2.05, 4.69) is 206 Å². The maximum atomic E-state index is 6.28. The molecule has 10 aromatic carbocycles. The zero-order valence-corrected chi connectivity index (χ0v) is 31.2. The Morgan fingerprint density at radius 3 is 1.25 bits per heavy atom. The molecule has 266 valence electrons. The molecule has 0 fully saturated rings. The van der Waals surface area contributed by atoms with Gasteiger partial charge in [0, 0.05) is 10.8 Å². The van der Waals surface area contributed by atoms with Crippen LogP contribution in [0.5, 0.6) is 0 Å². The monoisotopic (exact) mass is 724 g/mol. The molecule has 0 aliphatic heterocycles. The van der Waals surface area contributed by atoms with Gasteiger partial charge in [0.1, 0.15) is 11.2 Å². The second kappa shape index (κ2) is 13.7. The third-order valence-electron chi connectivity index (χ3n) is 11.5. The van der Waals surface area contributed by atoms with Crippen molar-refractivity contribution in [3.8, 4) is 66.8 Å². The van der Waals surface area contributed by atoms with E-state index in [1.54, 1.807) is 0 Å². The van der Waals surface area contributed by atoms with Gasteiger partial charge >= 0.3 is 0 Å². The SMILES string of the molecule is c1ccc(-c2cc(-c3ccccc3)cc(-c3c4ccccc4c(-c4ccc(-c5ccccc5-c5cccc6oc7ccccc7c56)cc4)c4ccccc34)c2)cc1. The van der Waals surface area contributed by atoms with Gasteiger partial charge in [-0.3, -0.25) is 0 Å². The third-order valence-corrected chi connectivity index (χ3v) is 11.5. The largest absolute Gasteiger partial charge is 0.456 e. The van der Waals surface area contributed by atoms with Crippen LogP contribution in [0.2, 0.25) is 0 Å². The summed E-state index contributed by atoms with van der Waals surface area (Å²) in [5.74, 6) is 0. The summed E-state index contributed by atoms with van der Waals surface area (Å²) < 4.78 is 6.28. The molecule has 0 unspecified atom stereocenters.